The van der Waals surface area contributed by atoms with Gasteiger partial charge in [0.2, 0.25) is 0 Å². The molecular formula is C28H26N4O3S. The zero-order chi connectivity index (χ0) is 25.4. The molecule has 0 saturated carbocycles. The Bertz CT molecular complexity index is 1450. The Morgan fingerprint density at radius 1 is 1.03 bits per heavy atom. The number of carboxylic acid groups (broad SMARTS) is 1. The van der Waals surface area contributed by atoms with E-state index in [1.807, 2.05) is 55.5 Å². The fourth-order valence-electron chi connectivity index (χ4n) is 4.97. The van der Waals surface area contributed by atoms with E-state index in [9.17, 15) is 9.90 Å². The van der Waals surface area contributed by atoms with Crippen LogP contribution in [0.5, 0.6) is 5.75 Å². The molecule has 3 heterocycles. The first-order valence-electron chi connectivity index (χ1n) is 11.6. The molecule has 36 heavy (non-hydrogen) atoms. The van der Waals surface area contributed by atoms with E-state index in [0.29, 0.717) is 5.11 Å². The highest BCUT2D eigenvalue weighted by molar-refractivity contribution is 7.80. The first kappa shape index (κ1) is 23.6. The SMILES string of the molecule is COc1cccc(N2C(=S)N[C@H](c3ccccn3)[C@H]2c2cc(C)n(-c3cccc(C(=O)O)c3)c2C)c1. The summed E-state index contributed by atoms with van der Waals surface area (Å²) in [5.74, 6) is -0.212. The van der Waals surface area contributed by atoms with E-state index >= 15 is 0 Å². The number of rotatable bonds is 6. The zero-order valence-corrected chi connectivity index (χ0v) is 21.0. The van der Waals surface area contributed by atoms with Crippen LogP contribution in [0.3, 0.4) is 0 Å². The molecule has 1 saturated heterocycles. The number of nitrogens with zero attached hydrogens (tertiary/aromatic N) is 3. The third kappa shape index (κ3) is 4.09. The van der Waals surface area contributed by atoms with Crippen LogP contribution < -0.4 is 15.0 Å². The molecule has 1 fully saturated rings. The number of carbonyl (C=O) groups is 1. The molecular weight excluding hydrogens is 472 g/mol. The van der Waals surface area contributed by atoms with Gasteiger partial charge in [0, 0.05) is 35.0 Å². The number of ether oxygens (including phenoxy) is 1. The van der Waals surface area contributed by atoms with Crippen molar-refractivity contribution in [3.8, 4) is 11.4 Å². The van der Waals surface area contributed by atoms with E-state index in [1.54, 1.807) is 31.5 Å². The number of thiocarbonyl (C=S) groups is 1. The Kier molecular flexibility index (Phi) is 6.20. The summed E-state index contributed by atoms with van der Waals surface area (Å²) in [6.07, 6.45) is 1.78. The predicted octanol–water partition coefficient (Wildman–Crippen LogP) is 5.37. The molecule has 2 N–H and O–H groups in total. The maximum absolute atomic E-state index is 11.6. The lowest BCUT2D eigenvalue weighted by atomic mass is 9.96. The van der Waals surface area contributed by atoms with Crippen LogP contribution in [0.4, 0.5) is 5.69 Å². The number of benzene rings is 2. The van der Waals surface area contributed by atoms with Crippen molar-refractivity contribution in [1.29, 1.82) is 0 Å². The second-order valence-corrected chi connectivity index (χ2v) is 9.10. The highest BCUT2D eigenvalue weighted by atomic mass is 32.1. The number of carboxylic acids is 1. The Hall–Kier alpha value is -4.17. The summed E-state index contributed by atoms with van der Waals surface area (Å²) in [6.45, 7) is 4.08. The second-order valence-electron chi connectivity index (χ2n) is 8.72. The summed E-state index contributed by atoms with van der Waals surface area (Å²) in [4.78, 5) is 18.3. The Morgan fingerprint density at radius 2 is 1.81 bits per heavy atom. The maximum atomic E-state index is 11.6. The van der Waals surface area contributed by atoms with Gasteiger partial charge in [0.1, 0.15) is 5.75 Å². The highest BCUT2D eigenvalue weighted by Gasteiger charge is 2.42. The van der Waals surface area contributed by atoms with Gasteiger partial charge in [-0.05, 0) is 80.2 Å². The van der Waals surface area contributed by atoms with Crippen LogP contribution in [-0.4, -0.2) is 32.8 Å². The summed E-state index contributed by atoms with van der Waals surface area (Å²) in [5, 5.41) is 13.6. The van der Waals surface area contributed by atoms with Crippen molar-refractivity contribution in [2.45, 2.75) is 25.9 Å². The van der Waals surface area contributed by atoms with Gasteiger partial charge in [0.25, 0.3) is 0 Å². The lowest BCUT2D eigenvalue weighted by molar-refractivity contribution is 0.0697. The number of anilines is 1. The van der Waals surface area contributed by atoms with E-state index in [2.05, 4.69) is 32.8 Å². The molecule has 0 spiro atoms. The largest absolute Gasteiger partial charge is 0.497 e. The second kappa shape index (κ2) is 9.47. The molecule has 0 aliphatic carbocycles. The number of aryl methyl sites for hydroxylation is 1. The molecule has 8 heteroatoms. The van der Waals surface area contributed by atoms with Gasteiger partial charge in [-0.2, -0.15) is 0 Å². The standard InChI is InChI=1S/C28H26N4O3S/c1-17-14-23(18(2)31(17)20-9-6-8-19(15-20)27(33)34)26-25(24-12-4-5-13-29-24)30-28(36)32(26)21-10-7-11-22(16-21)35-3/h4-16,25-26H,1-3H3,(H,30,36)(H,33,34)/t25-,26-/m1/s1. The summed E-state index contributed by atoms with van der Waals surface area (Å²) < 4.78 is 7.57. The van der Waals surface area contributed by atoms with Crippen molar-refractivity contribution in [3.05, 3.63) is 107 Å². The molecule has 0 radical (unpaired) electrons. The van der Waals surface area contributed by atoms with Gasteiger partial charge in [0.05, 0.1) is 30.5 Å². The number of pyridine rings is 1. The van der Waals surface area contributed by atoms with Crippen LogP contribution in [0.25, 0.3) is 5.69 Å². The number of hydrogen-bond donors (Lipinski definition) is 2. The minimum atomic E-state index is -0.954. The van der Waals surface area contributed by atoms with E-state index < -0.39 is 5.97 Å². The lowest BCUT2D eigenvalue weighted by Gasteiger charge is -2.28. The van der Waals surface area contributed by atoms with Crippen molar-refractivity contribution >= 4 is 29.0 Å². The molecule has 5 rings (SSSR count). The minimum Gasteiger partial charge on any atom is -0.497 e. The number of nitrogens with one attached hydrogen (secondary N) is 1. The van der Waals surface area contributed by atoms with E-state index in [4.69, 9.17) is 17.0 Å². The highest BCUT2D eigenvalue weighted by Crippen LogP contribution is 2.44. The fraction of sp³-hybridized carbons (Fsp3) is 0.179. The fourth-order valence-corrected chi connectivity index (χ4v) is 5.32. The molecule has 4 aromatic rings. The van der Waals surface area contributed by atoms with Crippen LogP contribution in [0, 0.1) is 13.8 Å². The normalized spacial score (nSPS) is 17.2. The van der Waals surface area contributed by atoms with Gasteiger partial charge in [-0.3, -0.25) is 4.98 Å². The van der Waals surface area contributed by atoms with Gasteiger partial charge < -0.3 is 24.6 Å². The molecule has 2 atom stereocenters. The first-order chi connectivity index (χ1) is 17.4. The van der Waals surface area contributed by atoms with Crippen molar-refractivity contribution in [3.63, 3.8) is 0 Å². The Balaban J connectivity index is 1.68. The number of hydrogen-bond acceptors (Lipinski definition) is 4. The van der Waals surface area contributed by atoms with Crippen LogP contribution in [0.1, 0.15) is 45.1 Å². The number of methoxy groups -OCH3 is 1. The van der Waals surface area contributed by atoms with Gasteiger partial charge in [-0.15, -0.1) is 0 Å². The molecule has 0 amide bonds. The molecule has 1 aliphatic heterocycles. The average Bonchev–Trinajstić information content (AvgIpc) is 3.39. The summed E-state index contributed by atoms with van der Waals surface area (Å²) in [7, 11) is 1.65. The molecule has 0 bridgehead atoms. The van der Waals surface area contributed by atoms with Gasteiger partial charge in [0.15, 0.2) is 5.11 Å². The Morgan fingerprint density at radius 3 is 2.53 bits per heavy atom. The topological polar surface area (TPSA) is 79.6 Å². The molecule has 182 valence electrons. The van der Waals surface area contributed by atoms with E-state index in [1.165, 1.54) is 0 Å². The lowest BCUT2D eigenvalue weighted by Crippen LogP contribution is -2.29. The molecule has 1 aliphatic rings. The third-order valence-corrected chi connectivity index (χ3v) is 6.88. The van der Waals surface area contributed by atoms with Gasteiger partial charge >= 0.3 is 5.97 Å². The predicted molar refractivity (Wildman–Crippen MR) is 143 cm³/mol. The van der Waals surface area contributed by atoms with Crippen LogP contribution in [-0.2, 0) is 0 Å². The zero-order valence-electron chi connectivity index (χ0n) is 20.2. The quantitative estimate of drug-likeness (QED) is 0.346. The number of aromatic carboxylic acids is 1. The first-order valence-corrected chi connectivity index (χ1v) is 12.0. The van der Waals surface area contributed by atoms with Crippen molar-refractivity contribution < 1.29 is 14.6 Å². The summed E-state index contributed by atoms with van der Waals surface area (Å²) >= 11 is 5.85. The molecule has 7 nitrogen and oxygen atoms in total. The minimum absolute atomic E-state index is 0.191. The van der Waals surface area contributed by atoms with Crippen LogP contribution in [0.2, 0.25) is 0 Å². The summed E-state index contributed by atoms with van der Waals surface area (Å²) in [6, 6.07) is 22.4. The van der Waals surface area contributed by atoms with Crippen molar-refractivity contribution in [1.82, 2.24) is 14.9 Å². The smallest absolute Gasteiger partial charge is 0.335 e. The summed E-state index contributed by atoms with van der Waals surface area (Å²) in [5.41, 5.74) is 5.90. The van der Waals surface area contributed by atoms with Crippen LogP contribution in [0.15, 0.2) is 79.0 Å². The van der Waals surface area contributed by atoms with Crippen molar-refractivity contribution in [2.24, 2.45) is 0 Å². The van der Waals surface area contributed by atoms with E-state index in [-0.39, 0.29) is 17.6 Å². The molecule has 2 aromatic heterocycles. The van der Waals surface area contributed by atoms with Crippen molar-refractivity contribution in [2.75, 3.05) is 12.0 Å². The maximum Gasteiger partial charge on any atom is 0.335 e. The average molecular weight is 499 g/mol. The Labute approximate surface area is 215 Å². The van der Waals surface area contributed by atoms with E-state index in [0.717, 1.165) is 39.8 Å². The van der Waals surface area contributed by atoms with Crippen LogP contribution >= 0.6 is 12.2 Å². The molecule has 0 unspecified atom stereocenters. The number of aromatic nitrogens is 2. The van der Waals surface area contributed by atoms with Gasteiger partial charge in [-0.1, -0.05) is 18.2 Å². The third-order valence-electron chi connectivity index (χ3n) is 6.57. The monoisotopic (exact) mass is 498 g/mol. The molecule has 2 aromatic carbocycles. The van der Waals surface area contributed by atoms with Gasteiger partial charge in [-0.25, -0.2) is 4.79 Å².